The molecule has 0 aromatic heterocycles. The van der Waals surface area contributed by atoms with E-state index >= 15 is 0 Å². The number of esters is 1. The normalized spacial score (nSPS) is 13.3. The van der Waals surface area contributed by atoms with Gasteiger partial charge < -0.3 is 21.5 Å². The Hall–Kier alpha value is -3.17. The average molecular weight is 588 g/mol. The van der Waals surface area contributed by atoms with Gasteiger partial charge in [0.15, 0.2) is 11.9 Å². The van der Waals surface area contributed by atoms with Crippen molar-refractivity contribution in [3.8, 4) is 0 Å². The number of carbonyl (C=O) groups excluding carboxylic acids is 3. The molecular formula is C33H47F2N3O4. The number of nitrogens with one attached hydrogen (secondary N) is 1. The predicted molar refractivity (Wildman–Crippen MR) is 161 cm³/mol. The zero-order valence-electron chi connectivity index (χ0n) is 24.8. The number of ether oxygens (including phenoxy) is 1. The highest BCUT2D eigenvalue weighted by Crippen LogP contribution is 2.15. The Morgan fingerprint density at radius 2 is 1.55 bits per heavy atom. The van der Waals surface area contributed by atoms with Crippen LogP contribution >= 0.6 is 0 Å². The highest BCUT2D eigenvalue weighted by molar-refractivity contribution is 5.86. The number of carbonyl (C=O) groups is 3. The second kappa shape index (κ2) is 19.9. The van der Waals surface area contributed by atoms with Gasteiger partial charge in [0, 0.05) is 31.8 Å². The van der Waals surface area contributed by atoms with Gasteiger partial charge in [0.25, 0.3) is 0 Å². The summed E-state index contributed by atoms with van der Waals surface area (Å²) in [5.41, 5.74) is 13.5. The third-order valence-corrected chi connectivity index (χ3v) is 7.12. The topological polar surface area (TPSA) is 125 Å². The molecule has 0 heterocycles. The van der Waals surface area contributed by atoms with Crippen LogP contribution in [0.1, 0.15) is 88.7 Å². The molecule has 1 amide bonds. The minimum absolute atomic E-state index is 0.0145. The predicted octanol–water partition coefficient (Wildman–Crippen LogP) is 5.31. The lowest BCUT2D eigenvalue weighted by Crippen LogP contribution is -2.45. The van der Waals surface area contributed by atoms with E-state index in [2.05, 4.69) is 12.2 Å². The summed E-state index contributed by atoms with van der Waals surface area (Å²) in [6.07, 6.45) is 6.83. The van der Waals surface area contributed by atoms with Crippen molar-refractivity contribution >= 4 is 17.7 Å². The van der Waals surface area contributed by atoms with E-state index in [-0.39, 0.29) is 42.9 Å². The summed E-state index contributed by atoms with van der Waals surface area (Å²) in [4.78, 5) is 37.8. The first-order valence-electron chi connectivity index (χ1n) is 15.2. The molecule has 7 nitrogen and oxygen atoms in total. The highest BCUT2D eigenvalue weighted by Gasteiger charge is 2.29. The Balaban J connectivity index is 1.74. The van der Waals surface area contributed by atoms with E-state index < -0.39 is 35.8 Å². The van der Waals surface area contributed by atoms with Crippen molar-refractivity contribution in [1.29, 1.82) is 0 Å². The van der Waals surface area contributed by atoms with Crippen LogP contribution in [0.5, 0.6) is 0 Å². The number of benzene rings is 2. The first kappa shape index (κ1) is 35.0. The van der Waals surface area contributed by atoms with Crippen molar-refractivity contribution in [2.45, 2.75) is 109 Å². The smallest absolute Gasteiger partial charge is 0.306 e. The molecule has 232 valence electrons. The zero-order chi connectivity index (χ0) is 30.7. The molecule has 3 atom stereocenters. The summed E-state index contributed by atoms with van der Waals surface area (Å²) >= 11 is 0. The van der Waals surface area contributed by atoms with Gasteiger partial charge in [-0.2, -0.15) is 0 Å². The van der Waals surface area contributed by atoms with Gasteiger partial charge >= 0.3 is 5.97 Å². The molecule has 2 aromatic rings. The lowest BCUT2D eigenvalue weighted by atomic mass is 9.96. The third-order valence-electron chi connectivity index (χ3n) is 7.12. The van der Waals surface area contributed by atoms with Crippen molar-refractivity contribution < 1.29 is 27.9 Å². The Morgan fingerprint density at radius 1 is 0.857 bits per heavy atom. The number of Topliss-reactive ketones (excluding diaryl/α,β-unsaturated/α-hetero) is 1. The van der Waals surface area contributed by atoms with Crippen LogP contribution in [-0.2, 0) is 32.0 Å². The lowest BCUT2D eigenvalue weighted by molar-refractivity contribution is -0.156. The van der Waals surface area contributed by atoms with Gasteiger partial charge in [-0.25, -0.2) is 8.78 Å². The summed E-state index contributed by atoms with van der Waals surface area (Å²) < 4.78 is 32.8. The maximum absolute atomic E-state index is 13.8. The quantitative estimate of drug-likeness (QED) is 0.134. The molecule has 0 fully saturated rings. The SMILES string of the molecule is CCCCCCCC(=O)OC(C(=O)CCCCCNC(=O)CC(N)Cc1cc(F)ccc1F)C(N)Cc1ccccc1. The summed E-state index contributed by atoms with van der Waals surface area (Å²) in [6.45, 7) is 2.53. The maximum Gasteiger partial charge on any atom is 0.306 e. The fourth-order valence-corrected chi connectivity index (χ4v) is 4.79. The van der Waals surface area contributed by atoms with Crippen molar-refractivity contribution in [2.75, 3.05) is 6.54 Å². The maximum atomic E-state index is 13.8. The molecule has 0 bridgehead atoms. The first-order valence-corrected chi connectivity index (χ1v) is 15.2. The van der Waals surface area contributed by atoms with E-state index in [1.165, 1.54) is 0 Å². The van der Waals surface area contributed by atoms with Crippen molar-refractivity contribution in [2.24, 2.45) is 11.5 Å². The van der Waals surface area contributed by atoms with Crippen molar-refractivity contribution in [3.05, 3.63) is 71.3 Å². The highest BCUT2D eigenvalue weighted by atomic mass is 19.1. The molecule has 0 saturated heterocycles. The van der Waals surface area contributed by atoms with E-state index in [4.69, 9.17) is 16.2 Å². The van der Waals surface area contributed by atoms with Gasteiger partial charge in [0.2, 0.25) is 5.91 Å². The fraction of sp³-hybridized carbons (Fsp3) is 0.545. The molecular weight excluding hydrogens is 540 g/mol. The molecule has 5 N–H and O–H groups in total. The van der Waals surface area contributed by atoms with Gasteiger partial charge in [-0.15, -0.1) is 0 Å². The molecule has 2 aromatic carbocycles. The third kappa shape index (κ3) is 14.1. The van der Waals surface area contributed by atoms with E-state index in [1.54, 1.807) is 0 Å². The van der Waals surface area contributed by atoms with E-state index in [0.717, 1.165) is 55.9 Å². The van der Waals surface area contributed by atoms with Crippen LogP contribution in [0.2, 0.25) is 0 Å². The summed E-state index contributed by atoms with van der Waals surface area (Å²) in [7, 11) is 0. The molecule has 0 aliphatic heterocycles. The van der Waals surface area contributed by atoms with Gasteiger partial charge in [-0.3, -0.25) is 14.4 Å². The van der Waals surface area contributed by atoms with Crippen LogP contribution in [0.15, 0.2) is 48.5 Å². The summed E-state index contributed by atoms with van der Waals surface area (Å²) in [5, 5.41) is 2.78. The van der Waals surface area contributed by atoms with Gasteiger partial charge in [-0.1, -0.05) is 69.4 Å². The fourth-order valence-electron chi connectivity index (χ4n) is 4.79. The molecule has 3 unspecified atom stereocenters. The van der Waals surface area contributed by atoms with E-state index in [9.17, 15) is 23.2 Å². The number of amides is 1. The van der Waals surface area contributed by atoms with Crippen LogP contribution in [0, 0.1) is 11.6 Å². The monoisotopic (exact) mass is 587 g/mol. The number of nitrogens with two attached hydrogens (primary N) is 2. The van der Waals surface area contributed by atoms with Gasteiger partial charge in [0.1, 0.15) is 11.6 Å². The van der Waals surface area contributed by atoms with Crippen LogP contribution < -0.4 is 16.8 Å². The standard InChI is InChI=1S/C33H47F2N3O4/c1-2-3-4-5-11-16-32(41)42-33(29(37)20-24-13-8-6-9-14-24)30(39)15-10-7-12-19-38-31(40)23-27(36)22-25-21-26(34)17-18-28(25)35/h6,8-9,13-14,17-18,21,27,29,33H,2-5,7,10-12,15-16,19-20,22-23,36-37H2,1H3,(H,38,40). The minimum atomic E-state index is -1.00. The summed E-state index contributed by atoms with van der Waals surface area (Å²) in [6, 6.07) is 11.4. The van der Waals surface area contributed by atoms with E-state index in [1.807, 2.05) is 30.3 Å². The first-order chi connectivity index (χ1) is 20.2. The summed E-state index contributed by atoms with van der Waals surface area (Å²) in [5.74, 6) is -1.97. The average Bonchev–Trinajstić information content (AvgIpc) is 2.95. The van der Waals surface area contributed by atoms with Gasteiger partial charge in [-0.05, 0) is 61.4 Å². The Kier molecular flexibility index (Phi) is 16.6. The Bertz CT molecular complexity index is 1100. The minimum Gasteiger partial charge on any atom is -0.453 e. The number of ketones is 1. The van der Waals surface area contributed by atoms with Crippen LogP contribution in [0.4, 0.5) is 8.78 Å². The Morgan fingerprint density at radius 3 is 2.29 bits per heavy atom. The molecule has 0 spiro atoms. The van der Waals surface area contributed by atoms with Gasteiger partial charge in [0.05, 0.1) is 6.04 Å². The number of halogens is 2. The largest absolute Gasteiger partial charge is 0.453 e. The van der Waals surface area contributed by atoms with Crippen molar-refractivity contribution in [1.82, 2.24) is 5.32 Å². The molecule has 42 heavy (non-hydrogen) atoms. The molecule has 0 saturated carbocycles. The zero-order valence-corrected chi connectivity index (χ0v) is 24.8. The molecule has 2 rings (SSSR count). The van der Waals surface area contributed by atoms with Crippen LogP contribution in [0.25, 0.3) is 0 Å². The van der Waals surface area contributed by atoms with Crippen molar-refractivity contribution in [3.63, 3.8) is 0 Å². The lowest BCUT2D eigenvalue weighted by Gasteiger charge is -2.23. The van der Waals surface area contributed by atoms with Crippen LogP contribution in [-0.4, -0.2) is 42.4 Å². The van der Waals surface area contributed by atoms with E-state index in [0.29, 0.717) is 32.2 Å². The molecule has 0 radical (unpaired) electrons. The second-order valence-electron chi connectivity index (χ2n) is 11.0. The molecule has 9 heteroatoms. The number of hydrogen-bond acceptors (Lipinski definition) is 6. The molecule has 0 aliphatic carbocycles. The number of rotatable bonds is 21. The van der Waals surface area contributed by atoms with Crippen LogP contribution in [0.3, 0.4) is 0 Å². The second-order valence-corrected chi connectivity index (χ2v) is 11.0. The number of unbranched alkanes of at least 4 members (excludes halogenated alkanes) is 6. The number of hydrogen-bond donors (Lipinski definition) is 3. The molecule has 0 aliphatic rings. The Labute approximate surface area is 248 Å².